The quantitative estimate of drug-likeness (QED) is 0.284. The molecule has 0 atom stereocenters. The van der Waals surface area contributed by atoms with E-state index in [2.05, 4.69) is 0 Å². The SMILES string of the molecule is Cc1cc(O)c(O)c2oc(=O)c3cc(O)c(O)cc3c12. The average Bonchev–Trinajstić information content (AvgIpc) is 2.38. The Labute approximate surface area is 111 Å². The molecule has 6 nitrogen and oxygen atoms in total. The minimum Gasteiger partial charge on any atom is -0.504 e. The lowest BCUT2D eigenvalue weighted by molar-refractivity contribution is 0.397. The minimum absolute atomic E-state index is 0.0704. The first-order valence-corrected chi connectivity index (χ1v) is 5.74. The Morgan fingerprint density at radius 2 is 1.50 bits per heavy atom. The van der Waals surface area contributed by atoms with Crippen LogP contribution in [0.2, 0.25) is 0 Å². The molecule has 20 heavy (non-hydrogen) atoms. The molecule has 2 aromatic carbocycles. The van der Waals surface area contributed by atoms with Gasteiger partial charge in [0.2, 0.25) is 5.75 Å². The average molecular weight is 274 g/mol. The highest BCUT2D eigenvalue weighted by molar-refractivity contribution is 6.09. The fourth-order valence-corrected chi connectivity index (χ4v) is 2.29. The predicted octanol–water partition coefficient (Wildman–Crippen LogP) is 2.08. The lowest BCUT2D eigenvalue weighted by Crippen LogP contribution is -2.00. The van der Waals surface area contributed by atoms with Gasteiger partial charge in [0.25, 0.3) is 0 Å². The van der Waals surface area contributed by atoms with Crippen LogP contribution in [-0.4, -0.2) is 20.4 Å². The number of benzene rings is 2. The van der Waals surface area contributed by atoms with Crippen LogP contribution in [0.25, 0.3) is 21.7 Å². The van der Waals surface area contributed by atoms with Crippen LogP contribution in [0.5, 0.6) is 23.0 Å². The van der Waals surface area contributed by atoms with Gasteiger partial charge >= 0.3 is 5.63 Å². The zero-order valence-electron chi connectivity index (χ0n) is 10.3. The second-order valence-electron chi connectivity index (χ2n) is 4.54. The maximum Gasteiger partial charge on any atom is 0.344 e. The van der Waals surface area contributed by atoms with E-state index in [-0.39, 0.29) is 11.0 Å². The Balaban J connectivity index is 2.70. The largest absolute Gasteiger partial charge is 0.504 e. The van der Waals surface area contributed by atoms with E-state index in [0.29, 0.717) is 16.3 Å². The third kappa shape index (κ3) is 1.48. The second kappa shape index (κ2) is 3.80. The summed E-state index contributed by atoms with van der Waals surface area (Å²) < 4.78 is 5.00. The van der Waals surface area contributed by atoms with Crippen LogP contribution in [0, 0.1) is 6.92 Å². The number of rotatable bonds is 0. The number of aryl methyl sites for hydroxylation is 1. The van der Waals surface area contributed by atoms with Gasteiger partial charge in [0, 0.05) is 10.8 Å². The van der Waals surface area contributed by atoms with E-state index in [1.165, 1.54) is 12.1 Å². The van der Waals surface area contributed by atoms with Crippen molar-refractivity contribution in [3.8, 4) is 23.0 Å². The summed E-state index contributed by atoms with van der Waals surface area (Å²) in [6, 6.07) is 3.63. The summed E-state index contributed by atoms with van der Waals surface area (Å²) in [6.45, 7) is 1.66. The van der Waals surface area contributed by atoms with Crippen molar-refractivity contribution < 1.29 is 24.8 Å². The summed E-state index contributed by atoms with van der Waals surface area (Å²) in [6.07, 6.45) is 0. The molecule has 0 saturated heterocycles. The number of hydrogen-bond donors (Lipinski definition) is 4. The van der Waals surface area contributed by atoms with Crippen molar-refractivity contribution in [2.24, 2.45) is 0 Å². The van der Waals surface area contributed by atoms with Crippen molar-refractivity contribution in [1.29, 1.82) is 0 Å². The zero-order chi connectivity index (χ0) is 14.6. The van der Waals surface area contributed by atoms with Crippen LogP contribution < -0.4 is 5.63 Å². The summed E-state index contributed by atoms with van der Waals surface area (Å²) in [5, 5.41) is 39.2. The summed E-state index contributed by atoms with van der Waals surface area (Å²) in [7, 11) is 0. The molecule has 1 aromatic heterocycles. The first-order valence-electron chi connectivity index (χ1n) is 5.74. The van der Waals surface area contributed by atoms with Crippen LogP contribution in [-0.2, 0) is 0 Å². The fourth-order valence-electron chi connectivity index (χ4n) is 2.29. The van der Waals surface area contributed by atoms with Crippen molar-refractivity contribution >= 4 is 21.7 Å². The number of phenolic OH excluding ortho intramolecular Hbond substituents is 4. The lowest BCUT2D eigenvalue weighted by Gasteiger charge is -2.09. The maximum atomic E-state index is 11.9. The highest BCUT2D eigenvalue weighted by Gasteiger charge is 2.17. The van der Waals surface area contributed by atoms with Gasteiger partial charge in [-0.25, -0.2) is 4.79 Å². The van der Waals surface area contributed by atoms with E-state index in [1.807, 2.05) is 0 Å². The highest BCUT2D eigenvalue weighted by Crippen LogP contribution is 2.40. The second-order valence-corrected chi connectivity index (χ2v) is 4.54. The number of fused-ring (bicyclic) bond motifs is 3. The molecule has 0 unspecified atom stereocenters. The van der Waals surface area contributed by atoms with Crippen LogP contribution in [0.4, 0.5) is 0 Å². The van der Waals surface area contributed by atoms with Gasteiger partial charge in [-0.05, 0) is 30.7 Å². The molecule has 0 amide bonds. The smallest absolute Gasteiger partial charge is 0.344 e. The van der Waals surface area contributed by atoms with Crippen molar-refractivity contribution in [3.05, 3.63) is 34.2 Å². The molecule has 102 valence electrons. The maximum absolute atomic E-state index is 11.9. The van der Waals surface area contributed by atoms with Gasteiger partial charge in [-0.1, -0.05) is 0 Å². The van der Waals surface area contributed by atoms with Gasteiger partial charge in [0.05, 0.1) is 5.39 Å². The number of aromatic hydroxyl groups is 4. The topological polar surface area (TPSA) is 111 Å². The normalized spacial score (nSPS) is 11.2. The minimum atomic E-state index is -0.789. The molecule has 1 heterocycles. The Hall–Kier alpha value is -2.89. The lowest BCUT2D eigenvalue weighted by atomic mass is 10.0. The summed E-state index contributed by atoms with van der Waals surface area (Å²) >= 11 is 0. The molecule has 3 aromatic rings. The van der Waals surface area contributed by atoms with Crippen LogP contribution in [0.15, 0.2) is 27.4 Å². The number of hydrogen-bond acceptors (Lipinski definition) is 6. The molecule has 0 aliphatic carbocycles. The molecular weight excluding hydrogens is 264 g/mol. The Morgan fingerprint density at radius 1 is 0.900 bits per heavy atom. The Bertz CT molecular complexity index is 923. The van der Waals surface area contributed by atoms with E-state index in [1.54, 1.807) is 6.92 Å². The summed E-state index contributed by atoms with van der Waals surface area (Å²) in [5.41, 5.74) is -0.401. The van der Waals surface area contributed by atoms with Gasteiger partial charge in [-0.2, -0.15) is 0 Å². The van der Waals surface area contributed by atoms with Crippen LogP contribution in [0.1, 0.15) is 5.56 Å². The Kier molecular flexibility index (Phi) is 2.31. The van der Waals surface area contributed by atoms with Gasteiger partial charge in [-0.15, -0.1) is 0 Å². The van der Waals surface area contributed by atoms with Gasteiger partial charge in [-0.3, -0.25) is 0 Å². The van der Waals surface area contributed by atoms with Crippen LogP contribution in [0.3, 0.4) is 0 Å². The molecule has 0 fully saturated rings. The monoisotopic (exact) mass is 274 g/mol. The van der Waals surface area contributed by atoms with Gasteiger partial charge < -0.3 is 24.8 Å². The molecule has 0 saturated carbocycles. The summed E-state index contributed by atoms with van der Waals surface area (Å²) in [5.74, 6) is -1.78. The van der Waals surface area contributed by atoms with E-state index >= 15 is 0 Å². The third-order valence-corrected chi connectivity index (χ3v) is 3.23. The molecule has 0 spiro atoms. The fraction of sp³-hybridized carbons (Fsp3) is 0.0714. The molecule has 6 heteroatoms. The first kappa shape index (κ1) is 12.2. The van der Waals surface area contributed by atoms with E-state index in [0.717, 1.165) is 6.07 Å². The zero-order valence-corrected chi connectivity index (χ0v) is 10.3. The predicted molar refractivity (Wildman–Crippen MR) is 71.4 cm³/mol. The summed E-state index contributed by atoms with van der Waals surface area (Å²) in [4.78, 5) is 11.9. The van der Waals surface area contributed by atoms with Crippen molar-refractivity contribution in [1.82, 2.24) is 0 Å². The molecule has 0 aliphatic heterocycles. The molecular formula is C14H10O6. The molecule has 4 N–H and O–H groups in total. The van der Waals surface area contributed by atoms with Gasteiger partial charge in [0.1, 0.15) is 0 Å². The van der Waals surface area contributed by atoms with Crippen molar-refractivity contribution in [2.45, 2.75) is 6.92 Å². The van der Waals surface area contributed by atoms with Crippen molar-refractivity contribution in [2.75, 3.05) is 0 Å². The first-order chi connectivity index (χ1) is 9.40. The highest BCUT2D eigenvalue weighted by atomic mass is 16.4. The van der Waals surface area contributed by atoms with Crippen molar-refractivity contribution in [3.63, 3.8) is 0 Å². The number of phenols is 4. The Morgan fingerprint density at radius 3 is 2.15 bits per heavy atom. The van der Waals surface area contributed by atoms with Gasteiger partial charge in [0.15, 0.2) is 22.8 Å². The molecule has 0 bridgehead atoms. The standard InChI is InChI=1S/C14H10O6/c1-5-2-10(17)12(18)13-11(5)6-3-8(15)9(16)4-7(6)14(19)20-13/h2-4,15-18H,1H3. The third-order valence-electron chi connectivity index (χ3n) is 3.23. The van der Waals surface area contributed by atoms with E-state index < -0.39 is 28.6 Å². The van der Waals surface area contributed by atoms with E-state index in [9.17, 15) is 25.2 Å². The molecule has 0 radical (unpaired) electrons. The van der Waals surface area contributed by atoms with Crippen LogP contribution >= 0.6 is 0 Å². The molecule has 0 aliphatic rings. The molecule has 3 rings (SSSR count). The van der Waals surface area contributed by atoms with E-state index in [4.69, 9.17) is 4.42 Å².